The smallest absolute Gasteiger partial charge is 0.408 e. The number of alkyl carbamates (subject to hydrolysis) is 1. The lowest BCUT2D eigenvalue weighted by Gasteiger charge is -2.40. The van der Waals surface area contributed by atoms with Crippen LogP contribution in [-0.4, -0.2) is 40.9 Å². The van der Waals surface area contributed by atoms with Crippen molar-refractivity contribution in [3.05, 3.63) is 0 Å². The van der Waals surface area contributed by atoms with Crippen molar-refractivity contribution in [2.75, 3.05) is 0 Å². The van der Waals surface area contributed by atoms with Gasteiger partial charge in [-0.2, -0.15) is 0 Å². The van der Waals surface area contributed by atoms with Gasteiger partial charge in [0.25, 0.3) is 0 Å². The van der Waals surface area contributed by atoms with Gasteiger partial charge in [-0.15, -0.1) is 5.06 Å². The summed E-state index contributed by atoms with van der Waals surface area (Å²) in [6, 6.07) is 0.00476. The van der Waals surface area contributed by atoms with E-state index in [0.29, 0.717) is 12.1 Å². The highest BCUT2D eigenvalue weighted by atomic mass is 16.7. The van der Waals surface area contributed by atoms with E-state index >= 15 is 0 Å². The van der Waals surface area contributed by atoms with Crippen LogP contribution in [0.15, 0.2) is 0 Å². The van der Waals surface area contributed by atoms with E-state index in [-0.39, 0.29) is 11.9 Å². The van der Waals surface area contributed by atoms with E-state index in [1.807, 2.05) is 20.8 Å². The summed E-state index contributed by atoms with van der Waals surface area (Å²) in [4.78, 5) is 32.0. The molecule has 0 aromatic heterocycles. The molecule has 3 saturated carbocycles. The molecular weight excluding hydrogens is 380 g/mol. The van der Waals surface area contributed by atoms with Crippen LogP contribution in [0.2, 0.25) is 0 Å². The number of nitrogens with zero attached hydrogens (tertiary/aromatic N) is 1. The Hall–Kier alpha value is -1.30. The lowest BCUT2D eigenvalue weighted by atomic mass is 9.90. The molecule has 1 N–H and O–H groups in total. The number of carbonyl (C=O) groups is 2. The van der Waals surface area contributed by atoms with Gasteiger partial charge in [-0.05, 0) is 65.2 Å². The van der Waals surface area contributed by atoms with Crippen molar-refractivity contribution in [2.24, 2.45) is 5.92 Å². The predicted octanol–water partition coefficient (Wildman–Crippen LogP) is 5.50. The fourth-order valence-electron chi connectivity index (χ4n) is 5.37. The molecule has 0 saturated heterocycles. The minimum Gasteiger partial charge on any atom is -0.444 e. The van der Waals surface area contributed by atoms with Gasteiger partial charge in [0.05, 0.1) is 0 Å². The Morgan fingerprint density at radius 3 is 1.73 bits per heavy atom. The van der Waals surface area contributed by atoms with Crippen LogP contribution in [0.5, 0.6) is 0 Å². The van der Waals surface area contributed by atoms with Crippen LogP contribution in [-0.2, 0) is 14.4 Å². The van der Waals surface area contributed by atoms with E-state index in [1.165, 1.54) is 38.5 Å². The molecule has 0 unspecified atom stereocenters. The van der Waals surface area contributed by atoms with Crippen LogP contribution in [0, 0.1) is 5.92 Å². The first-order chi connectivity index (χ1) is 14.3. The second-order valence-corrected chi connectivity index (χ2v) is 10.5. The highest BCUT2D eigenvalue weighted by molar-refractivity contribution is 5.81. The third kappa shape index (κ3) is 6.86. The molecular formula is C24H42N2O4. The molecule has 3 rings (SSSR count). The van der Waals surface area contributed by atoms with Gasteiger partial charge >= 0.3 is 12.1 Å². The summed E-state index contributed by atoms with van der Waals surface area (Å²) in [7, 11) is 0. The zero-order valence-corrected chi connectivity index (χ0v) is 19.3. The number of carbonyl (C=O) groups excluding carboxylic acids is 2. The van der Waals surface area contributed by atoms with E-state index in [1.54, 1.807) is 0 Å². The number of ether oxygens (including phenoxy) is 1. The standard InChI is InChI=1S/C24H42N2O4/c1-24(2,3)29-23(28)25-21(18-12-10-11-13-18)22(27)30-26(19-14-6-4-7-15-19)20-16-8-5-9-17-20/h18-21H,4-17H2,1-3H3,(H,25,28)/t21-/m0/s1. The second-order valence-electron chi connectivity index (χ2n) is 10.5. The molecule has 0 heterocycles. The van der Waals surface area contributed by atoms with Crippen molar-refractivity contribution in [3.8, 4) is 0 Å². The summed E-state index contributed by atoms with van der Waals surface area (Å²) in [6.45, 7) is 5.51. The number of nitrogens with one attached hydrogen (secondary N) is 1. The summed E-state index contributed by atoms with van der Waals surface area (Å²) in [6.07, 6.45) is 15.3. The quantitative estimate of drug-likeness (QED) is 0.573. The Morgan fingerprint density at radius 2 is 1.27 bits per heavy atom. The maximum atomic E-state index is 13.4. The average Bonchev–Trinajstić information content (AvgIpc) is 3.24. The topological polar surface area (TPSA) is 67.9 Å². The van der Waals surface area contributed by atoms with E-state index in [2.05, 4.69) is 10.4 Å². The Labute approximate surface area is 182 Å². The number of hydrogen-bond donors (Lipinski definition) is 1. The van der Waals surface area contributed by atoms with Crippen molar-refractivity contribution < 1.29 is 19.2 Å². The molecule has 0 spiro atoms. The van der Waals surface area contributed by atoms with Gasteiger partial charge in [0.2, 0.25) is 0 Å². The molecule has 1 atom stereocenters. The molecule has 3 fully saturated rings. The minimum atomic E-state index is -0.628. The number of amides is 1. The minimum absolute atomic E-state index is 0.129. The molecule has 3 aliphatic carbocycles. The van der Waals surface area contributed by atoms with Crippen LogP contribution in [0.25, 0.3) is 0 Å². The molecule has 0 aliphatic heterocycles. The van der Waals surface area contributed by atoms with Gasteiger partial charge in [0.1, 0.15) is 11.6 Å². The molecule has 0 aromatic rings. The van der Waals surface area contributed by atoms with Gasteiger partial charge in [-0.3, -0.25) is 0 Å². The van der Waals surface area contributed by atoms with Crippen LogP contribution >= 0.6 is 0 Å². The first kappa shape index (κ1) is 23.4. The molecule has 30 heavy (non-hydrogen) atoms. The Balaban J connectivity index is 1.70. The van der Waals surface area contributed by atoms with Crippen molar-refractivity contribution in [2.45, 2.75) is 134 Å². The maximum Gasteiger partial charge on any atom is 0.408 e. The molecule has 6 heteroatoms. The fraction of sp³-hybridized carbons (Fsp3) is 0.917. The van der Waals surface area contributed by atoms with Gasteiger partial charge in [0.15, 0.2) is 0 Å². The Morgan fingerprint density at radius 1 is 0.800 bits per heavy atom. The largest absolute Gasteiger partial charge is 0.444 e. The van der Waals surface area contributed by atoms with Gasteiger partial charge in [-0.25, -0.2) is 9.59 Å². The average molecular weight is 423 g/mol. The predicted molar refractivity (Wildman–Crippen MR) is 117 cm³/mol. The third-order valence-corrected chi connectivity index (χ3v) is 6.86. The molecule has 0 radical (unpaired) electrons. The highest BCUT2D eigenvalue weighted by Gasteiger charge is 2.38. The lowest BCUT2D eigenvalue weighted by molar-refractivity contribution is -0.226. The van der Waals surface area contributed by atoms with E-state index < -0.39 is 17.7 Å². The number of hydrogen-bond acceptors (Lipinski definition) is 5. The van der Waals surface area contributed by atoms with Crippen LogP contribution in [0.3, 0.4) is 0 Å². The lowest BCUT2D eigenvalue weighted by Crippen LogP contribution is -2.53. The van der Waals surface area contributed by atoms with Crippen molar-refractivity contribution >= 4 is 12.1 Å². The van der Waals surface area contributed by atoms with Gasteiger partial charge in [-0.1, -0.05) is 51.4 Å². The third-order valence-electron chi connectivity index (χ3n) is 6.86. The maximum absolute atomic E-state index is 13.4. The molecule has 0 bridgehead atoms. The van der Waals surface area contributed by atoms with Crippen molar-refractivity contribution in [3.63, 3.8) is 0 Å². The summed E-state index contributed by atoms with van der Waals surface area (Å²) < 4.78 is 5.44. The number of hydroxylamine groups is 2. The van der Waals surface area contributed by atoms with E-state index in [0.717, 1.165) is 51.4 Å². The summed E-state index contributed by atoms with van der Waals surface area (Å²) >= 11 is 0. The highest BCUT2D eigenvalue weighted by Crippen LogP contribution is 2.32. The molecule has 172 valence electrons. The Kier molecular flexibility index (Phi) is 8.44. The van der Waals surface area contributed by atoms with Gasteiger partial charge < -0.3 is 14.9 Å². The van der Waals surface area contributed by atoms with E-state index in [4.69, 9.17) is 9.57 Å². The summed E-state index contributed by atoms with van der Waals surface area (Å²) in [5.41, 5.74) is -0.593. The first-order valence-corrected chi connectivity index (χ1v) is 12.3. The van der Waals surface area contributed by atoms with E-state index in [9.17, 15) is 9.59 Å². The fourth-order valence-corrected chi connectivity index (χ4v) is 5.37. The molecule has 0 aromatic carbocycles. The van der Waals surface area contributed by atoms with Crippen molar-refractivity contribution in [1.82, 2.24) is 10.4 Å². The van der Waals surface area contributed by atoms with Crippen LogP contribution in [0.4, 0.5) is 4.79 Å². The normalized spacial score (nSPS) is 23.3. The second kappa shape index (κ2) is 10.8. The van der Waals surface area contributed by atoms with Gasteiger partial charge in [0, 0.05) is 12.1 Å². The SMILES string of the molecule is CC(C)(C)OC(=O)N[C@H](C(=O)ON(C1CCCCC1)C1CCCCC1)C1CCCC1. The van der Waals surface area contributed by atoms with Crippen LogP contribution < -0.4 is 5.32 Å². The van der Waals surface area contributed by atoms with Crippen LogP contribution in [0.1, 0.15) is 111 Å². The zero-order chi connectivity index (χ0) is 21.6. The number of rotatable bonds is 6. The first-order valence-electron chi connectivity index (χ1n) is 12.3. The molecule has 3 aliphatic rings. The summed E-state index contributed by atoms with van der Waals surface area (Å²) in [5, 5.41) is 4.92. The molecule has 1 amide bonds. The van der Waals surface area contributed by atoms with Crippen molar-refractivity contribution in [1.29, 1.82) is 0 Å². The molecule has 6 nitrogen and oxygen atoms in total. The Bertz CT molecular complexity index is 538. The monoisotopic (exact) mass is 422 g/mol. The zero-order valence-electron chi connectivity index (χ0n) is 19.3. The summed E-state index contributed by atoms with van der Waals surface area (Å²) in [5.74, 6) is -0.173.